The van der Waals surface area contributed by atoms with E-state index in [0.29, 0.717) is 16.8 Å². The van der Waals surface area contributed by atoms with Gasteiger partial charge in [0.25, 0.3) is 0 Å². The molecule has 7 nitrogen and oxygen atoms in total. The normalized spacial score (nSPS) is 19.2. The van der Waals surface area contributed by atoms with E-state index in [9.17, 15) is 4.79 Å². The summed E-state index contributed by atoms with van der Waals surface area (Å²) in [5.74, 6) is 0.506. The van der Waals surface area contributed by atoms with E-state index in [1.54, 1.807) is 12.3 Å². The molecule has 1 aliphatic carbocycles. The molecule has 3 heterocycles. The molecule has 1 saturated carbocycles. The lowest BCUT2D eigenvalue weighted by molar-refractivity contribution is 0.0600. The molecule has 4 aromatic rings. The van der Waals surface area contributed by atoms with E-state index < -0.39 is 0 Å². The van der Waals surface area contributed by atoms with Gasteiger partial charge in [-0.25, -0.2) is 4.79 Å². The third-order valence-electron chi connectivity index (χ3n) is 7.45. The van der Waals surface area contributed by atoms with Crippen LogP contribution in [0.3, 0.4) is 0 Å². The highest BCUT2D eigenvalue weighted by Gasteiger charge is 2.42. The molecule has 6 rings (SSSR count). The van der Waals surface area contributed by atoms with E-state index in [1.807, 2.05) is 60.8 Å². The van der Waals surface area contributed by atoms with Crippen molar-refractivity contribution in [3.8, 4) is 11.4 Å². The van der Waals surface area contributed by atoms with Gasteiger partial charge in [-0.05, 0) is 105 Å². The molecule has 1 aliphatic heterocycles. The number of rotatable bonds is 7. The van der Waals surface area contributed by atoms with Gasteiger partial charge in [-0.1, -0.05) is 12.1 Å². The van der Waals surface area contributed by atoms with Crippen molar-refractivity contribution in [3.05, 3.63) is 108 Å². The van der Waals surface area contributed by atoms with Gasteiger partial charge in [-0.2, -0.15) is 0 Å². The average Bonchev–Trinajstić information content (AvgIpc) is 3.74. The smallest absolute Gasteiger partial charge is 0.337 e. The number of anilines is 1. The largest absolute Gasteiger partial charge is 0.490 e. The number of methoxy groups -OCH3 is 1. The van der Waals surface area contributed by atoms with E-state index in [0.717, 1.165) is 41.4 Å². The number of nitrogens with zero attached hydrogens (tertiary/aromatic N) is 3. The minimum absolute atomic E-state index is 0.189. The summed E-state index contributed by atoms with van der Waals surface area (Å²) in [6.45, 7) is 0. The van der Waals surface area contributed by atoms with Crippen LogP contribution in [-0.4, -0.2) is 33.8 Å². The maximum atomic E-state index is 12.2. The van der Waals surface area contributed by atoms with Crippen molar-refractivity contribution in [3.63, 3.8) is 0 Å². The lowest BCUT2D eigenvalue weighted by atomic mass is 10.0. The number of thiocarbonyl (C=S) groups is 1. The number of aromatic nitrogens is 2. The van der Waals surface area contributed by atoms with Crippen LogP contribution in [0.25, 0.3) is 5.69 Å². The zero-order valence-electron chi connectivity index (χ0n) is 21.7. The number of nitrogens with one attached hydrogen (secondary N) is 1. The Morgan fingerprint density at radius 2 is 1.79 bits per heavy atom. The molecule has 1 N–H and O–H groups in total. The van der Waals surface area contributed by atoms with Crippen molar-refractivity contribution in [2.24, 2.45) is 0 Å². The highest BCUT2D eigenvalue weighted by atomic mass is 32.1. The van der Waals surface area contributed by atoms with Crippen molar-refractivity contribution >= 4 is 29.0 Å². The van der Waals surface area contributed by atoms with Gasteiger partial charge in [-0.3, -0.25) is 4.98 Å². The van der Waals surface area contributed by atoms with Crippen LogP contribution in [0.2, 0.25) is 0 Å². The first kappa shape index (κ1) is 25.1. The van der Waals surface area contributed by atoms with Crippen LogP contribution in [0, 0.1) is 0 Å². The first-order valence-corrected chi connectivity index (χ1v) is 13.7. The van der Waals surface area contributed by atoms with Crippen molar-refractivity contribution in [2.45, 2.75) is 43.9 Å². The van der Waals surface area contributed by atoms with Crippen LogP contribution < -0.4 is 15.0 Å². The fourth-order valence-electron chi connectivity index (χ4n) is 5.59. The highest BCUT2D eigenvalue weighted by Crippen LogP contribution is 2.42. The highest BCUT2D eigenvalue weighted by molar-refractivity contribution is 7.80. The third-order valence-corrected chi connectivity index (χ3v) is 7.76. The lowest BCUT2D eigenvalue weighted by Crippen LogP contribution is -2.30. The van der Waals surface area contributed by atoms with E-state index >= 15 is 0 Å². The first-order chi connectivity index (χ1) is 19.1. The van der Waals surface area contributed by atoms with Gasteiger partial charge in [0.15, 0.2) is 5.11 Å². The van der Waals surface area contributed by atoms with Crippen LogP contribution in [0.5, 0.6) is 5.75 Å². The Morgan fingerprint density at radius 3 is 2.54 bits per heavy atom. The molecule has 2 aromatic carbocycles. The second-order valence-electron chi connectivity index (χ2n) is 9.86. The molecule has 0 radical (unpaired) electrons. The number of pyridine rings is 1. The summed E-state index contributed by atoms with van der Waals surface area (Å²) in [5, 5.41) is 4.15. The van der Waals surface area contributed by atoms with Crippen LogP contribution in [-0.2, 0) is 4.74 Å². The van der Waals surface area contributed by atoms with Gasteiger partial charge in [0, 0.05) is 29.5 Å². The van der Waals surface area contributed by atoms with Gasteiger partial charge in [0.05, 0.1) is 30.5 Å². The molecule has 1 saturated heterocycles. The fraction of sp³-hybridized carbons (Fsp3) is 0.258. The summed E-state index contributed by atoms with van der Waals surface area (Å²) >= 11 is 5.92. The Labute approximate surface area is 233 Å². The van der Waals surface area contributed by atoms with Crippen LogP contribution in [0.4, 0.5) is 5.69 Å². The summed E-state index contributed by atoms with van der Waals surface area (Å²) in [6.07, 6.45) is 8.79. The van der Waals surface area contributed by atoms with Crippen molar-refractivity contribution < 1.29 is 14.3 Å². The van der Waals surface area contributed by atoms with Gasteiger partial charge in [0.1, 0.15) is 11.8 Å². The average molecular weight is 539 g/mol. The number of benzene rings is 2. The number of hydrogen-bond donors (Lipinski definition) is 1. The topological polar surface area (TPSA) is 68.6 Å². The number of ether oxygens (including phenoxy) is 2. The fourth-order valence-corrected chi connectivity index (χ4v) is 5.93. The summed E-state index contributed by atoms with van der Waals surface area (Å²) in [5.41, 5.74) is 4.21. The second-order valence-corrected chi connectivity index (χ2v) is 10.2. The molecule has 2 aromatic heterocycles. The Bertz CT molecular complexity index is 1460. The molecule has 0 amide bonds. The maximum Gasteiger partial charge on any atom is 0.337 e. The lowest BCUT2D eigenvalue weighted by Gasteiger charge is -2.29. The van der Waals surface area contributed by atoms with E-state index in [-0.39, 0.29) is 18.1 Å². The predicted octanol–water partition coefficient (Wildman–Crippen LogP) is 6.16. The van der Waals surface area contributed by atoms with Gasteiger partial charge < -0.3 is 24.3 Å². The molecule has 39 heavy (non-hydrogen) atoms. The molecule has 198 valence electrons. The monoisotopic (exact) mass is 538 g/mol. The van der Waals surface area contributed by atoms with Crippen molar-refractivity contribution in [2.75, 3.05) is 12.0 Å². The Hall–Kier alpha value is -4.17. The van der Waals surface area contributed by atoms with Crippen LogP contribution in [0.1, 0.15) is 59.5 Å². The molecule has 2 fully saturated rings. The van der Waals surface area contributed by atoms with Gasteiger partial charge >= 0.3 is 5.97 Å². The number of carbonyl (C=O) groups excluding carboxylic acids is 1. The molecule has 8 heteroatoms. The van der Waals surface area contributed by atoms with Crippen LogP contribution in [0.15, 0.2) is 91.3 Å². The Kier molecular flexibility index (Phi) is 7.02. The third kappa shape index (κ3) is 5.00. The molecule has 2 atom stereocenters. The Morgan fingerprint density at radius 1 is 0.974 bits per heavy atom. The summed E-state index contributed by atoms with van der Waals surface area (Å²) in [6, 6.07) is 25.2. The quantitative estimate of drug-likeness (QED) is 0.223. The summed E-state index contributed by atoms with van der Waals surface area (Å²) < 4.78 is 13.2. The zero-order valence-corrected chi connectivity index (χ0v) is 22.5. The first-order valence-electron chi connectivity index (χ1n) is 13.3. The minimum Gasteiger partial charge on any atom is -0.490 e. The van der Waals surface area contributed by atoms with E-state index in [2.05, 4.69) is 38.0 Å². The number of carbonyl (C=O) groups is 1. The molecule has 0 spiro atoms. The van der Waals surface area contributed by atoms with Crippen molar-refractivity contribution in [1.82, 2.24) is 14.9 Å². The second kappa shape index (κ2) is 10.9. The van der Waals surface area contributed by atoms with Gasteiger partial charge in [-0.15, -0.1) is 0 Å². The maximum absolute atomic E-state index is 12.2. The van der Waals surface area contributed by atoms with Gasteiger partial charge in [0.2, 0.25) is 0 Å². The van der Waals surface area contributed by atoms with Crippen molar-refractivity contribution in [1.29, 1.82) is 0 Å². The zero-order chi connectivity index (χ0) is 26.8. The predicted molar refractivity (Wildman–Crippen MR) is 154 cm³/mol. The van der Waals surface area contributed by atoms with Crippen LogP contribution >= 0.6 is 12.2 Å². The number of hydrogen-bond acceptors (Lipinski definition) is 5. The van der Waals surface area contributed by atoms with E-state index in [1.165, 1.54) is 20.0 Å². The SMILES string of the molecule is COC(=O)c1cccc(-n2cccc2C2C(c3ccccn3)NC(=S)N2c2ccc(OC3CCCC3)cc2)c1. The molecule has 2 aliphatic rings. The Balaban J connectivity index is 1.40. The summed E-state index contributed by atoms with van der Waals surface area (Å²) in [4.78, 5) is 19.1. The molecule has 2 unspecified atom stereocenters. The summed E-state index contributed by atoms with van der Waals surface area (Å²) in [7, 11) is 1.39. The molecular formula is C31H30N4O3S. The standard InChI is InChI=1S/C31H30N4O3S/c1-37-30(36)21-8-6-9-23(20-21)34-19-7-13-27(34)29-28(26-12-4-5-18-32-26)33-31(39)35(29)22-14-16-25(17-15-22)38-24-10-2-3-11-24/h4-9,12-20,24,28-29H,2-3,10-11H2,1H3,(H,33,39). The van der Waals surface area contributed by atoms with E-state index in [4.69, 9.17) is 21.7 Å². The number of esters is 1. The minimum atomic E-state index is -0.373. The molecule has 0 bridgehead atoms. The molecular weight excluding hydrogens is 508 g/mol.